The highest BCUT2D eigenvalue weighted by Gasteiger charge is 2.46. The molecule has 1 heterocycles. The number of carbonyl (C=O) groups excluding carboxylic acids is 1. The SMILES string of the molecule is CC1(C(=O)O)CCCN1C(=O)c1cccc(O)c1O. The highest BCUT2D eigenvalue weighted by molar-refractivity contribution is 6.00. The maximum atomic E-state index is 12.3. The van der Waals surface area contributed by atoms with E-state index in [-0.39, 0.29) is 5.56 Å². The van der Waals surface area contributed by atoms with E-state index in [0.717, 1.165) is 0 Å². The molecule has 1 saturated heterocycles. The molecule has 1 amide bonds. The Bertz CT molecular complexity index is 542. The van der Waals surface area contributed by atoms with Gasteiger partial charge >= 0.3 is 5.97 Å². The second-order valence-corrected chi connectivity index (χ2v) is 4.81. The molecule has 1 aliphatic rings. The number of carbonyl (C=O) groups is 2. The molecule has 102 valence electrons. The van der Waals surface area contributed by atoms with Gasteiger partial charge in [0.25, 0.3) is 5.91 Å². The van der Waals surface area contributed by atoms with Crippen molar-refractivity contribution < 1.29 is 24.9 Å². The van der Waals surface area contributed by atoms with Crippen molar-refractivity contribution in [3.8, 4) is 11.5 Å². The van der Waals surface area contributed by atoms with Crippen LogP contribution in [-0.2, 0) is 4.79 Å². The molecule has 0 bridgehead atoms. The minimum Gasteiger partial charge on any atom is -0.504 e. The molecule has 3 N–H and O–H groups in total. The van der Waals surface area contributed by atoms with Crippen molar-refractivity contribution in [3.63, 3.8) is 0 Å². The van der Waals surface area contributed by atoms with Crippen molar-refractivity contribution in [2.75, 3.05) is 6.54 Å². The van der Waals surface area contributed by atoms with Gasteiger partial charge in [0.05, 0.1) is 5.56 Å². The zero-order valence-corrected chi connectivity index (χ0v) is 10.5. The third kappa shape index (κ3) is 1.99. The third-order valence-electron chi connectivity index (χ3n) is 3.59. The number of aromatic hydroxyl groups is 2. The first-order valence-electron chi connectivity index (χ1n) is 5.94. The normalized spacial score (nSPS) is 22.5. The molecule has 6 heteroatoms. The van der Waals surface area contributed by atoms with Crippen LogP contribution in [0.2, 0.25) is 0 Å². The van der Waals surface area contributed by atoms with E-state index in [1.807, 2.05) is 0 Å². The van der Waals surface area contributed by atoms with Gasteiger partial charge in [-0.3, -0.25) is 4.79 Å². The fraction of sp³-hybridized carbons (Fsp3) is 0.385. The molecule has 1 aliphatic heterocycles. The Morgan fingerprint density at radius 1 is 1.32 bits per heavy atom. The average Bonchev–Trinajstić information content (AvgIpc) is 2.75. The first-order chi connectivity index (χ1) is 8.88. The topological polar surface area (TPSA) is 98.1 Å². The van der Waals surface area contributed by atoms with Crippen molar-refractivity contribution in [2.24, 2.45) is 0 Å². The molecule has 0 aliphatic carbocycles. The van der Waals surface area contributed by atoms with Crippen LogP contribution in [0.15, 0.2) is 18.2 Å². The minimum atomic E-state index is -1.27. The highest BCUT2D eigenvalue weighted by atomic mass is 16.4. The second kappa shape index (κ2) is 4.46. The van der Waals surface area contributed by atoms with Gasteiger partial charge in [-0.15, -0.1) is 0 Å². The Labute approximate surface area is 109 Å². The number of nitrogens with zero attached hydrogens (tertiary/aromatic N) is 1. The molecule has 1 aromatic carbocycles. The van der Waals surface area contributed by atoms with E-state index in [4.69, 9.17) is 0 Å². The Morgan fingerprint density at radius 3 is 2.63 bits per heavy atom. The van der Waals surface area contributed by atoms with Crippen LogP contribution in [0, 0.1) is 0 Å². The number of hydrogen-bond donors (Lipinski definition) is 3. The van der Waals surface area contributed by atoms with Crippen molar-refractivity contribution in [1.29, 1.82) is 0 Å². The summed E-state index contributed by atoms with van der Waals surface area (Å²) in [4.78, 5) is 24.9. The lowest BCUT2D eigenvalue weighted by Crippen LogP contribution is -2.50. The van der Waals surface area contributed by atoms with Crippen LogP contribution in [0.3, 0.4) is 0 Å². The van der Waals surface area contributed by atoms with Crippen LogP contribution in [0.4, 0.5) is 0 Å². The first kappa shape index (κ1) is 13.2. The highest BCUT2D eigenvalue weighted by Crippen LogP contribution is 2.35. The van der Waals surface area contributed by atoms with Crippen LogP contribution >= 0.6 is 0 Å². The number of amides is 1. The van der Waals surface area contributed by atoms with Crippen molar-refractivity contribution >= 4 is 11.9 Å². The van der Waals surface area contributed by atoms with Gasteiger partial charge in [0.2, 0.25) is 0 Å². The second-order valence-electron chi connectivity index (χ2n) is 4.81. The molecule has 2 rings (SSSR count). The number of carboxylic acid groups (broad SMARTS) is 1. The number of carboxylic acids is 1. The van der Waals surface area contributed by atoms with Crippen molar-refractivity contribution in [1.82, 2.24) is 4.90 Å². The lowest BCUT2D eigenvalue weighted by atomic mass is 9.98. The summed E-state index contributed by atoms with van der Waals surface area (Å²) in [6.07, 6.45) is 0.960. The van der Waals surface area contributed by atoms with Crippen LogP contribution in [0.25, 0.3) is 0 Å². The number of phenolic OH excluding ortho intramolecular Hbond substituents is 2. The Balaban J connectivity index is 2.39. The van der Waals surface area contributed by atoms with Gasteiger partial charge < -0.3 is 20.2 Å². The number of benzene rings is 1. The summed E-state index contributed by atoms with van der Waals surface area (Å²) in [5.41, 5.74) is -1.36. The van der Waals surface area contributed by atoms with Crippen molar-refractivity contribution in [3.05, 3.63) is 23.8 Å². The van der Waals surface area contributed by atoms with E-state index in [9.17, 15) is 24.9 Å². The average molecular weight is 265 g/mol. The summed E-state index contributed by atoms with van der Waals surface area (Å²) in [6, 6.07) is 4.04. The van der Waals surface area contributed by atoms with E-state index in [1.165, 1.54) is 30.0 Å². The number of likely N-dealkylation sites (tertiary alicyclic amines) is 1. The molecule has 1 unspecified atom stereocenters. The number of rotatable bonds is 2. The molecule has 1 atom stereocenters. The Morgan fingerprint density at radius 2 is 2.00 bits per heavy atom. The van der Waals surface area contributed by atoms with Gasteiger partial charge in [-0.05, 0) is 31.9 Å². The lowest BCUT2D eigenvalue weighted by Gasteiger charge is -2.31. The lowest BCUT2D eigenvalue weighted by molar-refractivity contribution is -0.147. The molecule has 0 radical (unpaired) electrons. The summed E-state index contributed by atoms with van der Waals surface area (Å²) in [5.74, 6) is -2.58. The summed E-state index contributed by atoms with van der Waals surface area (Å²) < 4.78 is 0. The van der Waals surface area contributed by atoms with Gasteiger partial charge in [-0.25, -0.2) is 4.79 Å². The maximum Gasteiger partial charge on any atom is 0.329 e. The van der Waals surface area contributed by atoms with Crippen LogP contribution in [-0.4, -0.2) is 44.2 Å². The minimum absolute atomic E-state index is 0.0885. The number of hydrogen-bond acceptors (Lipinski definition) is 4. The zero-order valence-electron chi connectivity index (χ0n) is 10.5. The van der Waals surface area contributed by atoms with Crippen LogP contribution in [0.5, 0.6) is 11.5 Å². The van der Waals surface area contributed by atoms with Gasteiger partial charge in [0, 0.05) is 6.54 Å². The Kier molecular flexibility index (Phi) is 3.09. The third-order valence-corrected chi connectivity index (χ3v) is 3.59. The quantitative estimate of drug-likeness (QED) is 0.697. The molecule has 0 aromatic heterocycles. The van der Waals surface area contributed by atoms with Gasteiger partial charge in [0.1, 0.15) is 5.54 Å². The predicted octanol–water partition coefficient (Wildman–Crippen LogP) is 1.18. The fourth-order valence-electron chi connectivity index (χ4n) is 2.36. The summed E-state index contributed by atoms with van der Waals surface area (Å²) in [5, 5.41) is 28.3. The molecule has 0 spiro atoms. The molecule has 1 aromatic rings. The summed E-state index contributed by atoms with van der Waals surface area (Å²) in [7, 11) is 0. The molecular formula is C13H15NO5. The monoisotopic (exact) mass is 265 g/mol. The number of aliphatic carboxylic acids is 1. The predicted molar refractivity (Wildman–Crippen MR) is 66.1 cm³/mol. The fourth-order valence-corrected chi connectivity index (χ4v) is 2.36. The number of para-hydroxylation sites is 1. The summed E-state index contributed by atoms with van der Waals surface area (Å²) in [6.45, 7) is 1.80. The molecule has 19 heavy (non-hydrogen) atoms. The van der Waals surface area contributed by atoms with E-state index >= 15 is 0 Å². The molecule has 0 saturated carbocycles. The van der Waals surface area contributed by atoms with Gasteiger partial charge in [0.15, 0.2) is 11.5 Å². The van der Waals surface area contributed by atoms with E-state index in [0.29, 0.717) is 19.4 Å². The van der Waals surface area contributed by atoms with Crippen LogP contribution in [0.1, 0.15) is 30.1 Å². The van der Waals surface area contributed by atoms with E-state index in [2.05, 4.69) is 0 Å². The first-order valence-corrected chi connectivity index (χ1v) is 5.94. The zero-order chi connectivity index (χ0) is 14.2. The molecule has 6 nitrogen and oxygen atoms in total. The summed E-state index contributed by atoms with van der Waals surface area (Å²) >= 11 is 0. The van der Waals surface area contributed by atoms with E-state index < -0.39 is 28.9 Å². The van der Waals surface area contributed by atoms with Gasteiger partial charge in [-0.1, -0.05) is 6.07 Å². The maximum absolute atomic E-state index is 12.3. The standard InChI is InChI=1S/C13H15NO5/c1-13(12(18)19)6-3-7-14(13)11(17)8-4-2-5-9(15)10(8)16/h2,4-5,15-16H,3,6-7H2,1H3,(H,18,19). The van der Waals surface area contributed by atoms with E-state index in [1.54, 1.807) is 0 Å². The number of phenols is 2. The Hall–Kier alpha value is -2.24. The largest absolute Gasteiger partial charge is 0.504 e. The van der Waals surface area contributed by atoms with Crippen molar-refractivity contribution in [2.45, 2.75) is 25.3 Å². The van der Waals surface area contributed by atoms with Crippen LogP contribution < -0.4 is 0 Å². The molecule has 1 fully saturated rings. The smallest absolute Gasteiger partial charge is 0.329 e. The van der Waals surface area contributed by atoms with Gasteiger partial charge in [-0.2, -0.15) is 0 Å². The molecular weight excluding hydrogens is 250 g/mol.